The van der Waals surface area contributed by atoms with Crippen molar-refractivity contribution in [1.82, 2.24) is 4.98 Å². The number of nitrogens with two attached hydrogens (primary N) is 1. The van der Waals surface area contributed by atoms with E-state index < -0.39 is 0 Å². The van der Waals surface area contributed by atoms with Crippen LogP contribution in [0.1, 0.15) is 31.4 Å². The monoisotopic (exact) mass is 222 g/mol. The highest BCUT2D eigenvalue weighted by Gasteiger charge is 2.16. The van der Waals surface area contributed by atoms with Gasteiger partial charge in [-0.3, -0.25) is 0 Å². The number of rotatable bonds is 4. The van der Waals surface area contributed by atoms with Gasteiger partial charge in [0.15, 0.2) is 0 Å². The molecular weight excluding hydrogens is 204 g/mol. The summed E-state index contributed by atoms with van der Waals surface area (Å²) < 4.78 is 11.0. The van der Waals surface area contributed by atoms with E-state index in [0.717, 1.165) is 25.0 Å². The maximum absolute atomic E-state index is 5.74. The van der Waals surface area contributed by atoms with Crippen LogP contribution >= 0.6 is 0 Å². The molecule has 1 saturated heterocycles. The van der Waals surface area contributed by atoms with Crippen molar-refractivity contribution in [2.45, 2.75) is 31.9 Å². The first kappa shape index (κ1) is 11.4. The van der Waals surface area contributed by atoms with Gasteiger partial charge in [0.2, 0.25) is 5.88 Å². The van der Waals surface area contributed by atoms with Crippen molar-refractivity contribution in [1.29, 1.82) is 0 Å². The Morgan fingerprint density at radius 3 is 3.06 bits per heavy atom. The molecule has 0 saturated carbocycles. The van der Waals surface area contributed by atoms with Crippen molar-refractivity contribution in [3.05, 3.63) is 23.9 Å². The highest BCUT2D eigenvalue weighted by molar-refractivity contribution is 5.19. The molecule has 0 bridgehead atoms. The Kier molecular flexibility index (Phi) is 3.74. The molecule has 2 atom stereocenters. The van der Waals surface area contributed by atoms with E-state index in [1.165, 1.54) is 0 Å². The molecule has 16 heavy (non-hydrogen) atoms. The van der Waals surface area contributed by atoms with Crippen molar-refractivity contribution in [3.63, 3.8) is 0 Å². The molecule has 88 valence electrons. The largest absolute Gasteiger partial charge is 0.475 e. The maximum atomic E-state index is 5.74. The Balaban J connectivity index is 1.84. The molecule has 0 spiro atoms. The van der Waals surface area contributed by atoms with Gasteiger partial charge >= 0.3 is 0 Å². The Labute approximate surface area is 95.8 Å². The molecule has 1 aliphatic heterocycles. The van der Waals surface area contributed by atoms with Gasteiger partial charge in [-0.15, -0.1) is 0 Å². The average Bonchev–Trinajstić information content (AvgIpc) is 2.80. The number of ether oxygens (including phenoxy) is 2. The lowest BCUT2D eigenvalue weighted by Gasteiger charge is -2.11. The molecule has 1 aliphatic rings. The summed E-state index contributed by atoms with van der Waals surface area (Å²) in [4.78, 5) is 4.20. The standard InChI is InChI=1S/C12H18N2O2/c1-9(13)10-4-5-12(14-7-10)16-8-11-3-2-6-15-11/h4-5,7,9,11H,2-3,6,8,13H2,1H3. The third kappa shape index (κ3) is 2.93. The summed E-state index contributed by atoms with van der Waals surface area (Å²) in [7, 11) is 0. The molecule has 0 aromatic carbocycles. The first-order chi connectivity index (χ1) is 7.75. The van der Waals surface area contributed by atoms with Crippen LogP contribution in [0.25, 0.3) is 0 Å². The van der Waals surface area contributed by atoms with Gasteiger partial charge in [0.1, 0.15) is 6.61 Å². The summed E-state index contributed by atoms with van der Waals surface area (Å²) in [6.07, 6.45) is 4.20. The second kappa shape index (κ2) is 5.27. The quantitative estimate of drug-likeness (QED) is 0.841. The lowest BCUT2D eigenvalue weighted by Crippen LogP contribution is -2.16. The first-order valence-electron chi connectivity index (χ1n) is 5.71. The fourth-order valence-corrected chi connectivity index (χ4v) is 1.70. The zero-order valence-corrected chi connectivity index (χ0v) is 9.56. The van der Waals surface area contributed by atoms with Gasteiger partial charge in [0, 0.05) is 24.9 Å². The third-order valence-electron chi connectivity index (χ3n) is 2.73. The molecule has 0 amide bonds. The van der Waals surface area contributed by atoms with Crippen LogP contribution in [0, 0.1) is 0 Å². The van der Waals surface area contributed by atoms with Crippen LogP contribution in [0.4, 0.5) is 0 Å². The van der Waals surface area contributed by atoms with E-state index in [-0.39, 0.29) is 12.1 Å². The predicted octanol–water partition coefficient (Wildman–Crippen LogP) is 1.66. The van der Waals surface area contributed by atoms with Crippen LogP contribution in [0.5, 0.6) is 5.88 Å². The Morgan fingerprint density at radius 2 is 2.50 bits per heavy atom. The van der Waals surface area contributed by atoms with Gasteiger partial charge in [-0.05, 0) is 25.3 Å². The van der Waals surface area contributed by atoms with E-state index in [1.54, 1.807) is 6.20 Å². The summed E-state index contributed by atoms with van der Waals surface area (Å²) in [6.45, 7) is 3.37. The lowest BCUT2D eigenvalue weighted by atomic mass is 10.2. The number of hydrogen-bond acceptors (Lipinski definition) is 4. The van der Waals surface area contributed by atoms with Crippen molar-refractivity contribution in [3.8, 4) is 5.88 Å². The fraction of sp³-hybridized carbons (Fsp3) is 0.583. The average molecular weight is 222 g/mol. The molecule has 0 aliphatic carbocycles. The number of pyridine rings is 1. The van der Waals surface area contributed by atoms with E-state index in [1.807, 2.05) is 19.1 Å². The van der Waals surface area contributed by atoms with Crippen LogP contribution in [-0.2, 0) is 4.74 Å². The van der Waals surface area contributed by atoms with E-state index >= 15 is 0 Å². The summed E-state index contributed by atoms with van der Waals surface area (Å²) in [5.74, 6) is 0.639. The molecule has 2 rings (SSSR count). The molecule has 1 fully saturated rings. The van der Waals surface area contributed by atoms with Crippen LogP contribution in [0.15, 0.2) is 18.3 Å². The summed E-state index contributed by atoms with van der Waals surface area (Å²) in [6, 6.07) is 3.82. The topological polar surface area (TPSA) is 57.4 Å². The molecule has 4 nitrogen and oxygen atoms in total. The Bertz CT molecular complexity index is 318. The molecule has 4 heteroatoms. The van der Waals surface area contributed by atoms with Crippen molar-refractivity contribution in [2.24, 2.45) is 5.73 Å². The SMILES string of the molecule is CC(N)c1ccc(OCC2CCCO2)nc1. The van der Waals surface area contributed by atoms with Crippen LogP contribution in [0.2, 0.25) is 0 Å². The second-order valence-electron chi connectivity index (χ2n) is 4.16. The minimum absolute atomic E-state index is 0.0136. The van der Waals surface area contributed by atoms with Crippen LogP contribution < -0.4 is 10.5 Å². The fourth-order valence-electron chi connectivity index (χ4n) is 1.70. The third-order valence-corrected chi connectivity index (χ3v) is 2.73. The zero-order valence-electron chi connectivity index (χ0n) is 9.56. The Morgan fingerprint density at radius 1 is 1.62 bits per heavy atom. The number of hydrogen-bond donors (Lipinski definition) is 1. The maximum Gasteiger partial charge on any atom is 0.213 e. The summed E-state index contributed by atoms with van der Waals surface area (Å²) in [5, 5.41) is 0. The second-order valence-corrected chi connectivity index (χ2v) is 4.16. The van der Waals surface area contributed by atoms with E-state index in [4.69, 9.17) is 15.2 Å². The molecule has 2 unspecified atom stereocenters. The minimum Gasteiger partial charge on any atom is -0.475 e. The zero-order chi connectivity index (χ0) is 11.4. The predicted molar refractivity (Wildman–Crippen MR) is 61.3 cm³/mol. The highest BCUT2D eigenvalue weighted by Crippen LogP contribution is 2.15. The number of aromatic nitrogens is 1. The van der Waals surface area contributed by atoms with Crippen LogP contribution in [0.3, 0.4) is 0 Å². The molecular formula is C12H18N2O2. The van der Waals surface area contributed by atoms with E-state index in [0.29, 0.717) is 12.5 Å². The van der Waals surface area contributed by atoms with Gasteiger partial charge in [-0.25, -0.2) is 4.98 Å². The molecule has 1 aromatic rings. The summed E-state index contributed by atoms with van der Waals surface area (Å²) in [5.41, 5.74) is 6.75. The number of nitrogens with zero attached hydrogens (tertiary/aromatic N) is 1. The van der Waals surface area contributed by atoms with Gasteiger partial charge in [-0.1, -0.05) is 6.07 Å². The minimum atomic E-state index is 0.0136. The molecule has 2 N–H and O–H groups in total. The summed E-state index contributed by atoms with van der Waals surface area (Å²) >= 11 is 0. The highest BCUT2D eigenvalue weighted by atomic mass is 16.5. The van der Waals surface area contributed by atoms with Gasteiger partial charge in [0.05, 0.1) is 6.10 Å². The van der Waals surface area contributed by atoms with Gasteiger partial charge < -0.3 is 15.2 Å². The van der Waals surface area contributed by atoms with Gasteiger partial charge in [0.25, 0.3) is 0 Å². The van der Waals surface area contributed by atoms with Crippen molar-refractivity contribution in [2.75, 3.05) is 13.2 Å². The molecule has 1 aromatic heterocycles. The van der Waals surface area contributed by atoms with Gasteiger partial charge in [-0.2, -0.15) is 0 Å². The van der Waals surface area contributed by atoms with Crippen molar-refractivity contribution < 1.29 is 9.47 Å². The van der Waals surface area contributed by atoms with Crippen LogP contribution in [-0.4, -0.2) is 24.3 Å². The first-order valence-corrected chi connectivity index (χ1v) is 5.71. The molecule has 0 radical (unpaired) electrons. The van der Waals surface area contributed by atoms with Crippen molar-refractivity contribution >= 4 is 0 Å². The van der Waals surface area contributed by atoms with E-state index in [2.05, 4.69) is 4.98 Å². The lowest BCUT2D eigenvalue weighted by molar-refractivity contribution is 0.0663. The normalized spacial score (nSPS) is 22.0. The Hall–Kier alpha value is -1.13. The molecule has 2 heterocycles. The van der Waals surface area contributed by atoms with E-state index in [9.17, 15) is 0 Å². The smallest absolute Gasteiger partial charge is 0.213 e.